The molecule has 0 spiro atoms. The van der Waals surface area contributed by atoms with Gasteiger partial charge in [-0.3, -0.25) is 9.10 Å². The van der Waals surface area contributed by atoms with Gasteiger partial charge in [-0.25, -0.2) is 8.42 Å². The van der Waals surface area contributed by atoms with E-state index < -0.39 is 10.0 Å². The Balaban J connectivity index is 2.00. The van der Waals surface area contributed by atoms with Crippen LogP contribution in [0.1, 0.15) is 19.4 Å². The molecule has 0 saturated heterocycles. The third-order valence-corrected chi connectivity index (χ3v) is 5.20. The number of rotatable bonds is 8. The van der Waals surface area contributed by atoms with Crippen LogP contribution < -0.4 is 14.4 Å². The first kappa shape index (κ1) is 21.2. The van der Waals surface area contributed by atoms with E-state index in [0.29, 0.717) is 12.2 Å². The largest absolute Gasteiger partial charge is 0.491 e. The molecule has 0 radical (unpaired) electrons. The Bertz CT molecular complexity index is 883. The number of anilines is 1. The lowest BCUT2D eigenvalue weighted by Gasteiger charge is -2.22. The molecule has 2 aromatic rings. The van der Waals surface area contributed by atoms with Crippen molar-refractivity contribution in [2.24, 2.45) is 0 Å². The number of carbonyl (C=O) groups excluding carboxylic acids is 1. The standard InChI is InChI=1S/C19H23BrN2O4S/c1-14(2)26-18-9-7-15(8-10-18)12-21-19(23)13-22(27(3,24)25)17-6-4-5-16(20)11-17/h4-11,14H,12-13H2,1-3H3,(H,21,23). The Kier molecular flexibility index (Phi) is 7.26. The number of halogens is 1. The predicted molar refractivity (Wildman–Crippen MR) is 110 cm³/mol. The number of hydrogen-bond acceptors (Lipinski definition) is 4. The second kappa shape index (κ2) is 9.23. The molecule has 0 fully saturated rings. The van der Waals surface area contributed by atoms with Crippen molar-refractivity contribution in [2.45, 2.75) is 26.5 Å². The molecular formula is C19H23BrN2O4S. The number of nitrogens with zero attached hydrogens (tertiary/aromatic N) is 1. The van der Waals surface area contributed by atoms with Crippen LogP contribution in [-0.2, 0) is 21.4 Å². The van der Waals surface area contributed by atoms with E-state index in [4.69, 9.17) is 4.74 Å². The second-order valence-corrected chi connectivity index (χ2v) is 9.16. The molecule has 0 saturated carbocycles. The molecule has 27 heavy (non-hydrogen) atoms. The van der Waals surface area contributed by atoms with E-state index in [1.807, 2.05) is 38.1 Å². The van der Waals surface area contributed by atoms with Gasteiger partial charge in [-0.05, 0) is 49.7 Å². The van der Waals surface area contributed by atoms with Crippen molar-refractivity contribution in [3.8, 4) is 5.75 Å². The van der Waals surface area contributed by atoms with Gasteiger partial charge < -0.3 is 10.1 Å². The highest BCUT2D eigenvalue weighted by Crippen LogP contribution is 2.22. The van der Waals surface area contributed by atoms with Gasteiger partial charge in [0.1, 0.15) is 12.3 Å². The molecule has 8 heteroatoms. The van der Waals surface area contributed by atoms with Gasteiger partial charge in [0.25, 0.3) is 0 Å². The molecular weight excluding hydrogens is 432 g/mol. The first-order chi connectivity index (χ1) is 12.6. The minimum Gasteiger partial charge on any atom is -0.491 e. The quantitative estimate of drug-likeness (QED) is 0.663. The highest BCUT2D eigenvalue weighted by molar-refractivity contribution is 9.10. The minimum absolute atomic E-state index is 0.0931. The molecule has 0 atom stereocenters. The van der Waals surface area contributed by atoms with Crippen molar-refractivity contribution in [1.29, 1.82) is 0 Å². The molecule has 0 aliphatic rings. The Morgan fingerprint density at radius 2 is 1.85 bits per heavy atom. The number of sulfonamides is 1. The summed E-state index contributed by atoms with van der Waals surface area (Å²) < 4.78 is 31.6. The van der Waals surface area contributed by atoms with Gasteiger partial charge in [0, 0.05) is 11.0 Å². The van der Waals surface area contributed by atoms with Crippen LogP contribution in [0.4, 0.5) is 5.69 Å². The fraction of sp³-hybridized carbons (Fsp3) is 0.316. The molecule has 0 heterocycles. The second-order valence-electron chi connectivity index (χ2n) is 6.34. The number of hydrogen-bond donors (Lipinski definition) is 1. The highest BCUT2D eigenvalue weighted by Gasteiger charge is 2.20. The van der Waals surface area contributed by atoms with Gasteiger partial charge in [-0.1, -0.05) is 34.1 Å². The summed E-state index contributed by atoms with van der Waals surface area (Å²) in [5, 5.41) is 2.75. The Hall–Kier alpha value is -2.06. The number of nitrogens with one attached hydrogen (secondary N) is 1. The summed E-state index contributed by atoms with van der Waals surface area (Å²) in [5.41, 5.74) is 1.32. The van der Waals surface area contributed by atoms with Crippen LogP contribution in [0.3, 0.4) is 0 Å². The fourth-order valence-corrected chi connectivity index (χ4v) is 3.61. The normalized spacial score (nSPS) is 11.3. The lowest BCUT2D eigenvalue weighted by molar-refractivity contribution is -0.119. The number of amides is 1. The molecule has 146 valence electrons. The summed E-state index contributed by atoms with van der Waals surface area (Å²) >= 11 is 3.31. The molecule has 1 amide bonds. The third kappa shape index (κ3) is 6.88. The maximum absolute atomic E-state index is 12.3. The summed E-state index contributed by atoms with van der Waals surface area (Å²) in [7, 11) is -3.59. The van der Waals surface area contributed by atoms with Gasteiger partial charge in [0.2, 0.25) is 15.9 Å². The van der Waals surface area contributed by atoms with E-state index in [2.05, 4.69) is 21.2 Å². The zero-order valence-electron chi connectivity index (χ0n) is 15.5. The van der Waals surface area contributed by atoms with Crippen molar-refractivity contribution in [3.05, 3.63) is 58.6 Å². The van der Waals surface area contributed by atoms with Crippen LogP contribution in [0.15, 0.2) is 53.0 Å². The smallest absolute Gasteiger partial charge is 0.241 e. The van der Waals surface area contributed by atoms with Crippen molar-refractivity contribution in [1.82, 2.24) is 5.32 Å². The minimum atomic E-state index is -3.59. The topological polar surface area (TPSA) is 75.7 Å². The molecule has 6 nitrogen and oxygen atoms in total. The van der Waals surface area contributed by atoms with Gasteiger partial charge >= 0.3 is 0 Å². The van der Waals surface area contributed by atoms with E-state index >= 15 is 0 Å². The van der Waals surface area contributed by atoms with Crippen LogP contribution in [0, 0.1) is 0 Å². The van der Waals surface area contributed by atoms with Crippen LogP contribution in [0.2, 0.25) is 0 Å². The Morgan fingerprint density at radius 3 is 2.41 bits per heavy atom. The maximum Gasteiger partial charge on any atom is 0.241 e. The molecule has 0 aromatic heterocycles. The molecule has 0 aliphatic carbocycles. The van der Waals surface area contributed by atoms with E-state index in [1.165, 1.54) is 0 Å². The lowest BCUT2D eigenvalue weighted by atomic mass is 10.2. The number of ether oxygens (including phenoxy) is 1. The maximum atomic E-state index is 12.3. The summed E-state index contributed by atoms with van der Waals surface area (Å²) in [6.45, 7) is 3.92. The van der Waals surface area contributed by atoms with Gasteiger partial charge in [-0.15, -0.1) is 0 Å². The molecule has 0 unspecified atom stereocenters. The average Bonchev–Trinajstić information content (AvgIpc) is 2.57. The predicted octanol–water partition coefficient (Wildman–Crippen LogP) is 3.32. The van der Waals surface area contributed by atoms with Crippen molar-refractivity contribution in [3.63, 3.8) is 0 Å². The molecule has 2 rings (SSSR count). The molecule has 2 aromatic carbocycles. The van der Waals surface area contributed by atoms with Gasteiger partial charge in [-0.2, -0.15) is 0 Å². The lowest BCUT2D eigenvalue weighted by Crippen LogP contribution is -2.40. The van der Waals surface area contributed by atoms with E-state index in [0.717, 1.165) is 26.3 Å². The van der Waals surface area contributed by atoms with Crippen molar-refractivity contribution in [2.75, 3.05) is 17.1 Å². The van der Waals surface area contributed by atoms with Gasteiger partial charge in [0.15, 0.2) is 0 Å². The summed E-state index contributed by atoms with van der Waals surface area (Å²) in [4.78, 5) is 12.3. The van der Waals surface area contributed by atoms with Crippen LogP contribution in [0.25, 0.3) is 0 Å². The first-order valence-corrected chi connectivity index (χ1v) is 11.0. The first-order valence-electron chi connectivity index (χ1n) is 8.41. The number of carbonyl (C=O) groups is 1. The van der Waals surface area contributed by atoms with Crippen molar-refractivity contribution >= 4 is 37.5 Å². The van der Waals surface area contributed by atoms with Gasteiger partial charge in [0.05, 0.1) is 18.0 Å². The SMILES string of the molecule is CC(C)Oc1ccc(CNC(=O)CN(c2cccc(Br)c2)S(C)(=O)=O)cc1. The van der Waals surface area contributed by atoms with E-state index in [-0.39, 0.29) is 18.6 Å². The molecule has 0 aliphatic heterocycles. The van der Waals surface area contributed by atoms with E-state index in [9.17, 15) is 13.2 Å². The fourth-order valence-electron chi connectivity index (χ4n) is 2.38. The zero-order valence-corrected chi connectivity index (χ0v) is 17.9. The van der Waals surface area contributed by atoms with Crippen LogP contribution in [0.5, 0.6) is 5.75 Å². The Morgan fingerprint density at radius 1 is 1.19 bits per heavy atom. The summed E-state index contributed by atoms with van der Waals surface area (Å²) in [5.74, 6) is 0.376. The third-order valence-electron chi connectivity index (χ3n) is 3.57. The van der Waals surface area contributed by atoms with Crippen LogP contribution >= 0.6 is 15.9 Å². The highest BCUT2D eigenvalue weighted by atomic mass is 79.9. The Labute approximate surface area is 168 Å². The van der Waals surface area contributed by atoms with E-state index in [1.54, 1.807) is 24.3 Å². The average molecular weight is 455 g/mol. The monoisotopic (exact) mass is 454 g/mol. The summed E-state index contributed by atoms with van der Waals surface area (Å²) in [6.07, 6.45) is 1.17. The zero-order chi connectivity index (χ0) is 20.0. The van der Waals surface area contributed by atoms with Crippen LogP contribution in [-0.4, -0.2) is 33.2 Å². The number of benzene rings is 2. The molecule has 0 bridgehead atoms. The molecule has 1 N–H and O–H groups in total. The van der Waals surface area contributed by atoms with Crippen molar-refractivity contribution < 1.29 is 17.9 Å². The summed E-state index contributed by atoms with van der Waals surface area (Å²) in [6, 6.07) is 14.2.